The summed E-state index contributed by atoms with van der Waals surface area (Å²) in [6.07, 6.45) is 6.70. The normalized spacial score (nSPS) is 15.7. The van der Waals surface area contributed by atoms with Crippen molar-refractivity contribution in [3.8, 4) is 0 Å². The second kappa shape index (κ2) is 8.04. The molecule has 1 unspecified atom stereocenters. The van der Waals surface area contributed by atoms with Crippen LogP contribution < -0.4 is 5.32 Å². The van der Waals surface area contributed by atoms with Crippen molar-refractivity contribution in [2.75, 3.05) is 19.8 Å². The number of amides is 1. The molecule has 0 aliphatic heterocycles. The van der Waals surface area contributed by atoms with Crippen LogP contribution in [0.25, 0.3) is 17.0 Å². The summed E-state index contributed by atoms with van der Waals surface area (Å²) in [5.41, 5.74) is 1.74. The van der Waals surface area contributed by atoms with E-state index in [1.54, 1.807) is 12.3 Å². The number of carbonyl (C=O) groups excluding carboxylic acids is 1. The molecular weight excluding hydrogens is 304 g/mol. The van der Waals surface area contributed by atoms with Gasteiger partial charge in [0.1, 0.15) is 0 Å². The van der Waals surface area contributed by atoms with Crippen molar-refractivity contribution in [1.29, 1.82) is 0 Å². The maximum atomic E-state index is 11.9. The quantitative estimate of drug-likeness (QED) is 0.729. The number of nitrogens with one attached hydrogen (secondary N) is 1. The minimum Gasteiger partial charge on any atom is -0.389 e. The second-order valence-corrected chi connectivity index (χ2v) is 6.14. The topological polar surface area (TPSA) is 71.5 Å². The summed E-state index contributed by atoms with van der Waals surface area (Å²) in [7, 11) is 0. The third kappa shape index (κ3) is 4.88. The first kappa shape index (κ1) is 16.6. The fourth-order valence-corrected chi connectivity index (χ4v) is 2.42. The summed E-state index contributed by atoms with van der Waals surface area (Å²) in [5.74, 6) is 0.424. The molecule has 24 heavy (non-hydrogen) atoms. The summed E-state index contributed by atoms with van der Waals surface area (Å²) >= 11 is 0. The van der Waals surface area contributed by atoms with Crippen LogP contribution in [0, 0.1) is 5.92 Å². The van der Waals surface area contributed by atoms with Crippen LogP contribution >= 0.6 is 0 Å². The SMILES string of the molecule is O=C(/C=C/c1cccc2cccnc12)NCC(O)COCC1CC1. The van der Waals surface area contributed by atoms with Gasteiger partial charge in [-0.15, -0.1) is 0 Å². The monoisotopic (exact) mass is 326 g/mol. The third-order valence-electron chi connectivity index (χ3n) is 3.95. The van der Waals surface area contributed by atoms with Gasteiger partial charge >= 0.3 is 0 Å². The molecule has 2 N–H and O–H groups in total. The predicted octanol–water partition coefficient (Wildman–Crippen LogP) is 2.15. The van der Waals surface area contributed by atoms with Gasteiger partial charge in [0.05, 0.1) is 18.2 Å². The Kier molecular flexibility index (Phi) is 5.56. The highest BCUT2D eigenvalue weighted by atomic mass is 16.5. The van der Waals surface area contributed by atoms with Crippen molar-refractivity contribution < 1.29 is 14.6 Å². The van der Waals surface area contributed by atoms with E-state index in [-0.39, 0.29) is 19.1 Å². The smallest absolute Gasteiger partial charge is 0.244 e. The lowest BCUT2D eigenvalue weighted by atomic mass is 10.1. The lowest BCUT2D eigenvalue weighted by molar-refractivity contribution is -0.117. The minimum atomic E-state index is -0.680. The number of carbonyl (C=O) groups is 1. The summed E-state index contributed by atoms with van der Waals surface area (Å²) in [5, 5.41) is 13.5. The highest BCUT2D eigenvalue weighted by Gasteiger charge is 2.21. The molecule has 0 spiro atoms. The zero-order valence-corrected chi connectivity index (χ0v) is 13.5. The maximum Gasteiger partial charge on any atom is 0.244 e. The number of para-hydroxylation sites is 1. The fourth-order valence-electron chi connectivity index (χ4n) is 2.42. The van der Waals surface area contributed by atoms with Crippen molar-refractivity contribution in [3.63, 3.8) is 0 Å². The number of hydrogen-bond donors (Lipinski definition) is 2. The summed E-state index contributed by atoms with van der Waals surface area (Å²) in [6.45, 7) is 1.15. The number of nitrogens with zero attached hydrogens (tertiary/aromatic N) is 1. The van der Waals surface area contributed by atoms with Crippen LogP contribution in [0.2, 0.25) is 0 Å². The van der Waals surface area contributed by atoms with Gasteiger partial charge in [0.15, 0.2) is 0 Å². The van der Waals surface area contributed by atoms with Crippen molar-refractivity contribution in [2.45, 2.75) is 18.9 Å². The molecular formula is C19H22N2O3. The van der Waals surface area contributed by atoms with Crippen LogP contribution in [0.4, 0.5) is 0 Å². The molecule has 1 aliphatic rings. The van der Waals surface area contributed by atoms with E-state index in [0.717, 1.165) is 16.5 Å². The molecule has 0 radical (unpaired) electrons. The van der Waals surface area contributed by atoms with E-state index in [1.807, 2.05) is 30.3 Å². The number of aliphatic hydroxyl groups is 1. The second-order valence-electron chi connectivity index (χ2n) is 6.14. The first-order chi connectivity index (χ1) is 11.7. The highest BCUT2D eigenvalue weighted by molar-refractivity contribution is 5.95. The lowest BCUT2D eigenvalue weighted by Gasteiger charge is -2.11. The number of ether oxygens (including phenoxy) is 1. The Labute approximate surface area is 141 Å². The molecule has 126 valence electrons. The van der Waals surface area contributed by atoms with Crippen LogP contribution in [0.1, 0.15) is 18.4 Å². The average Bonchev–Trinajstić information content (AvgIpc) is 3.42. The molecule has 0 saturated heterocycles. The molecule has 1 aliphatic carbocycles. The maximum absolute atomic E-state index is 11.9. The fraction of sp³-hybridized carbons (Fsp3) is 0.368. The predicted molar refractivity (Wildman–Crippen MR) is 93.3 cm³/mol. The Morgan fingerprint density at radius 3 is 3.04 bits per heavy atom. The number of aliphatic hydroxyl groups excluding tert-OH is 1. The van der Waals surface area contributed by atoms with Gasteiger partial charge in [-0.25, -0.2) is 0 Å². The van der Waals surface area contributed by atoms with E-state index in [9.17, 15) is 9.90 Å². The van der Waals surface area contributed by atoms with E-state index in [2.05, 4.69) is 10.3 Å². The number of rotatable bonds is 8. The van der Waals surface area contributed by atoms with E-state index < -0.39 is 6.10 Å². The van der Waals surface area contributed by atoms with Gasteiger partial charge in [-0.2, -0.15) is 0 Å². The average molecular weight is 326 g/mol. The lowest BCUT2D eigenvalue weighted by Crippen LogP contribution is -2.33. The molecule has 1 heterocycles. The van der Waals surface area contributed by atoms with Gasteiger partial charge in [-0.05, 0) is 30.9 Å². The number of fused-ring (bicyclic) bond motifs is 1. The van der Waals surface area contributed by atoms with Crippen molar-refractivity contribution in [1.82, 2.24) is 10.3 Å². The number of benzene rings is 1. The first-order valence-corrected chi connectivity index (χ1v) is 8.28. The van der Waals surface area contributed by atoms with Crippen molar-refractivity contribution in [3.05, 3.63) is 48.2 Å². The van der Waals surface area contributed by atoms with E-state index in [4.69, 9.17) is 4.74 Å². The molecule has 2 aromatic rings. The Hall–Kier alpha value is -2.24. The van der Waals surface area contributed by atoms with E-state index in [0.29, 0.717) is 12.5 Å². The van der Waals surface area contributed by atoms with Gasteiger partial charge < -0.3 is 15.2 Å². The molecule has 1 amide bonds. The Morgan fingerprint density at radius 1 is 1.38 bits per heavy atom. The summed E-state index contributed by atoms with van der Waals surface area (Å²) in [6, 6.07) is 9.70. The summed E-state index contributed by atoms with van der Waals surface area (Å²) < 4.78 is 5.40. The van der Waals surface area contributed by atoms with E-state index in [1.165, 1.54) is 18.9 Å². The zero-order valence-electron chi connectivity index (χ0n) is 13.5. The van der Waals surface area contributed by atoms with Crippen molar-refractivity contribution in [2.24, 2.45) is 5.92 Å². The Bertz CT molecular complexity index is 720. The Balaban J connectivity index is 1.47. The standard InChI is InChI=1S/C19H22N2O3/c22-17(13-24-12-14-6-7-14)11-21-18(23)9-8-16-4-1-3-15-5-2-10-20-19(15)16/h1-5,8-10,14,17,22H,6-7,11-13H2,(H,21,23)/b9-8+. The number of aromatic nitrogens is 1. The summed E-state index contributed by atoms with van der Waals surface area (Å²) in [4.78, 5) is 16.2. The van der Waals surface area contributed by atoms with E-state index >= 15 is 0 Å². The van der Waals surface area contributed by atoms with Gasteiger partial charge in [0, 0.05) is 36.4 Å². The number of hydrogen-bond acceptors (Lipinski definition) is 4. The van der Waals surface area contributed by atoms with Gasteiger partial charge in [0.2, 0.25) is 5.91 Å². The molecule has 1 aromatic heterocycles. The minimum absolute atomic E-state index is 0.182. The molecule has 1 aromatic carbocycles. The third-order valence-corrected chi connectivity index (χ3v) is 3.95. The molecule has 1 atom stereocenters. The molecule has 5 heteroatoms. The molecule has 1 saturated carbocycles. The van der Waals surface area contributed by atoms with Crippen LogP contribution in [-0.4, -0.2) is 41.9 Å². The highest BCUT2D eigenvalue weighted by Crippen LogP contribution is 2.28. The van der Waals surface area contributed by atoms with Crippen molar-refractivity contribution >= 4 is 22.9 Å². The first-order valence-electron chi connectivity index (χ1n) is 8.28. The zero-order chi connectivity index (χ0) is 16.8. The molecule has 0 bridgehead atoms. The van der Waals surface area contributed by atoms with Crippen LogP contribution in [0.3, 0.4) is 0 Å². The van der Waals surface area contributed by atoms with Crippen LogP contribution in [0.5, 0.6) is 0 Å². The van der Waals surface area contributed by atoms with Crippen LogP contribution in [0.15, 0.2) is 42.6 Å². The number of pyridine rings is 1. The Morgan fingerprint density at radius 2 is 2.21 bits per heavy atom. The van der Waals surface area contributed by atoms with Gasteiger partial charge in [0.25, 0.3) is 0 Å². The van der Waals surface area contributed by atoms with Gasteiger partial charge in [-0.3, -0.25) is 9.78 Å². The molecule has 1 fully saturated rings. The molecule has 3 rings (SSSR count). The molecule has 5 nitrogen and oxygen atoms in total. The van der Waals surface area contributed by atoms with Crippen LogP contribution in [-0.2, 0) is 9.53 Å². The largest absolute Gasteiger partial charge is 0.389 e. The van der Waals surface area contributed by atoms with Gasteiger partial charge in [-0.1, -0.05) is 24.3 Å².